The fourth-order valence-corrected chi connectivity index (χ4v) is 1.84. The molecule has 2 aromatic heterocycles. The Morgan fingerprint density at radius 3 is 3.06 bits per heavy atom. The highest BCUT2D eigenvalue weighted by atomic mass is 15.3. The smallest absolute Gasteiger partial charge is 0.148 e. The summed E-state index contributed by atoms with van der Waals surface area (Å²) in [7, 11) is 1.92. The molecule has 0 radical (unpaired) electrons. The molecule has 0 unspecified atom stereocenters. The molecule has 1 saturated carbocycles. The largest absolute Gasteiger partial charge is 0.363 e. The van der Waals surface area contributed by atoms with Crippen molar-refractivity contribution >= 4 is 5.82 Å². The number of anilines is 1. The van der Waals surface area contributed by atoms with Gasteiger partial charge in [-0.1, -0.05) is 0 Å². The summed E-state index contributed by atoms with van der Waals surface area (Å²) in [5.74, 6) is 0.908. The van der Waals surface area contributed by atoms with Crippen LogP contribution in [0.2, 0.25) is 0 Å². The Hall–Kier alpha value is -1.78. The number of rotatable bonds is 4. The summed E-state index contributed by atoms with van der Waals surface area (Å²) in [6, 6.07) is 2.65. The molecule has 16 heavy (non-hydrogen) atoms. The molecular formula is C11H15N5. The van der Waals surface area contributed by atoms with E-state index in [0.717, 1.165) is 12.4 Å². The third-order valence-corrected chi connectivity index (χ3v) is 2.85. The van der Waals surface area contributed by atoms with Crippen LogP contribution >= 0.6 is 0 Å². The third-order valence-electron chi connectivity index (χ3n) is 2.85. The molecule has 2 aromatic rings. The van der Waals surface area contributed by atoms with Crippen LogP contribution in [0.25, 0.3) is 0 Å². The Morgan fingerprint density at radius 1 is 1.50 bits per heavy atom. The van der Waals surface area contributed by atoms with Gasteiger partial charge in [0.05, 0.1) is 18.6 Å². The Morgan fingerprint density at radius 2 is 2.38 bits per heavy atom. The highest BCUT2D eigenvalue weighted by Crippen LogP contribution is 2.35. The number of nitrogens with zero attached hydrogens (tertiary/aromatic N) is 4. The van der Waals surface area contributed by atoms with Crippen molar-refractivity contribution in [2.75, 3.05) is 5.32 Å². The Labute approximate surface area is 94.1 Å². The molecule has 0 aliphatic heterocycles. The molecule has 0 atom stereocenters. The lowest BCUT2D eigenvalue weighted by Crippen LogP contribution is -2.06. The number of hydrogen-bond acceptors (Lipinski definition) is 3. The van der Waals surface area contributed by atoms with Crippen molar-refractivity contribution in [1.29, 1.82) is 0 Å². The van der Waals surface area contributed by atoms with Crippen molar-refractivity contribution < 1.29 is 0 Å². The van der Waals surface area contributed by atoms with E-state index < -0.39 is 0 Å². The first-order chi connectivity index (χ1) is 7.83. The van der Waals surface area contributed by atoms with E-state index in [1.807, 2.05) is 31.8 Å². The lowest BCUT2D eigenvalue weighted by atomic mass is 10.4. The molecule has 0 spiro atoms. The molecule has 1 aliphatic carbocycles. The molecular weight excluding hydrogens is 202 g/mol. The highest BCUT2D eigenvalue weighted by molar-refractivity contribution is 5.32. The molecule has 5 heteroatoms. The summed E-state index contributed by atoms with van der Waals surface area (Å²) in [5.41, 5.74) is 1.23. The minimum absolute atomic E-state index is 0.683. The fourth-order valence-electron chi connectivity index (χ4n) is 1.84. The van der Waals surface area contributed by atoms with Gasteiger partial charge in [-0.25, -0.2) is 4.98 Å². The van der Waals surface area contributed by atoms with Crippen LogP contribution in [0.15, 0.2) is 24.8 Å². The summed E-state index contributed by atoms with van der Waals surface area (Å²) >= 11 is 0. The van der Waals surface area contributed by atoms with Gasteiger partial charge in [0, 0.05) is 31.5 Å². The standard InChI is InChI=1S/C11H15N5/c1-15-5-4-11(14-15)13-7-10-6-12-8-16(10)9-2-3-9/h4-6,8-9H,2-3,7H2,1H3,(H,13,14). The van der Waals surface area contributed by atoms with E-state index in [-0.39, 0.29) is 0 Å². The summed E-state index contributed by atoms with van der Waals surface area (Å²) < 4.78 is 4.05. The lowest BCUT2D eigenvalue weighted by Gasteiger charge is -2.06. The van der Waals surface area contributed by atoms with Gasteiger partial charge in [-0.05, 0) is 12.8 Å². The van der Waals surface area contributed by atoms with Gasteiger partial charge in [0.15, 0.2) is 0 Å². The van der Waals surface area contributed by atoms with Crippen molar-refractivity contribution in [3.8, 4) is 0 Å². The molecule has 2 heterocycles. The molecule has 84 valence electrons. The van der Waals surface area contributed by atoms with Crippen LogP contribution in [0.4, 0.5) is 5.82 Å². The quantitative estimate of drug-likeness (QED) is 0.845. The summed E-state index contributed by atoms with van der Waals surface area (Å²) in [5, 5.41) is 7.57. The van der Waals surface area contributed by atoms with Gasteiger partial charge < -0.3 is 9.88 Å². The lowest BCUT2D eigenvalue weighted by molar-refractivity contribution is 0.699. The zero-order valence-electron chi connectivity index (χ0n) is 9.30. The molecule has 5 nitrogen and oxygen atoms in total. The van der Waals surface area contributed by atoms with Crippen molar-refractivity contribution in [2.24, 2.45) is 7.05 Å². The Balaban J connectivity index is 1.67. The number of imidazole rings is 1. The molecule has 1 fully saturated rings. The van der Waals surface area contributed by atoms with Crippen LogP contribution < -0.4 is 5.32 Å². The minimum Gasteiger partial charge on any atom is -0.363 e. The van der Waals surface area contributed by atoms with Crippen LogP contribution in [0.3, 0.4) is 0 Å². The van der Waals surface area contributed by atoms with Gasteiger partial charge in [0.1, 0.15) is 5.82 Å². The molecule has 3 rings (SSSR count). The predicted octanol–water partition coefficient (Wildman–Crippen LogP) is 1.56. The van der Waals surface area contributed by atoms with E-state index in [0.29, 0.717) is 6.04 Å². The van der Waals surface area contributed by atoms with Crippen molar-refractivity contribution in [3.63, 3.8) is 0 Å². The minimum atomic E-state index is 0.683. The predicted molar refractivity (Wildman–Crippen MR) is 61.0 cm³/mol. The van der Waals surface area contributed by atoms with Crippen LogP contribution in [0.5, 0.6) is 0 Å². The van der Waals surface area contributed by atoms with Gasteiger partial charge in [0.2, 0.25) is 0 Å². The van der Waals surface area contributed by atoms with E-state index in [1.165, 1.54) is 18.5 Å². The maximum atomic E-state index is 4.28. The molecule has 1 N–H and O–H groups in total. The fraction of sp³-hybridized carbons (Fsp3) is 0.455. The SMILES string of the molecule is Cn1ccc(NCc2cncn2C2CC2)n1. The van der Waals surface area contributed by atoms with E-state index in [4.69, 9.17) is 0 Å². The normalized spacial score (nSPS) is 15.3. The second kappa shape index (κ2) is 3.66. The second-order valence-electron chi connectivity index (χ2n) is 4.25. The van der Waals surface area contributed by atoms with Gasteiger partial charge in [-0.2, -0.15) is 5.10 Å². The van der Waals surface area contributed by atoms with Crippen molar-refractivity contribution in [1.82, 2.24) is 19.3 Å². The number of aromatic nitrogens is 4. The van der Waals surface area contributed by atoms with E-state index in [1.54, 1.807) is 4.68 Å². The monoisotopic (exact) mass is 217 g/mol. The van der Waals surface area contributed by atoms with Gasteiger partial charge >= 0.3 is 0 Å². The van der Waals surface area contributed by atoms with E-state index >= 15 is 0 Å². The molecule has 0 saturated heterocycles. The first-order valence-electron chi connectivity index (χ1n) is 5.57. The average Bonchev–Trinajstić information content (AvgIpc) is 2.86. The maximum absolute atomic E-state index is 4.28. The summed E-state index contributed by atoms with van der Waals surface area (Å²) in [6.07, 6.45) is 8.35. The zero-order chi connectivity index (χ0) is 11.0. The molecule has 0 aromatic carbocycles. The maximum Gasteiger partial charge on any atom is 0.148 e. The van der Waals surface area contributed by atoms with Crippen LogP contribution in [0.1, 0.15) is 24.6 Å². The van der Waals surface area contributed by atoms with Crippen molar-refractivity contribution in [2.45, 2.75) is 25.4 Å². The van der Waals surface area contributed by atoms with Crippen LogP contribution in [-0.2, 0) is 13.6 Å². The zero-order valence-corrected chi connectivity index (χ0v) is 9.30. The van der Waals surface area contributed by atoms with E-state index in [2.05, 4.69) is 20.0 Å². The third kappa shape index (κ3) is 1.80. The van der Waals surface area contributed by atoms with Crippen LogP contribution in [-0.4, -0.2) is 19.3 Å². The first-order valence-corrected chi connectivity index (χ1v) is 5.57. The van der Waals surface area contributed by atoms with Crippen molar-refractivity contribution in [3.05, 3.63) is 30.5 Å². The average molecular weight is 217 g/mol. The topological polar surface area (TPSA) is 47.7 Å². The van der Waals surface area contributed by atoms with Gasteiger partial charge in [0.25, 0.3) is 0 Å². The molecule has 1 aliphatic rings. The highest BCUT2D eigenvalue weighted by Gasteiger charge is 2.24. The van der Waals surface area contributed by atoms with E-state index in [9.17, 15) is 0 Å². The van der Waals surface area contributed by atoms with Gasteiger partial charge in [-0.3, -0.25) is 4.68 Å². The van der Waals surface area contributed by atoms with Gasteiger partial charge in [-0.15, -0.1) is 0 Å². The second-order valence-corrected chi connectivity index (χ2v) is 4.25. The Bertz CT molecular complexity index is 480. The summed E-state index contributed by atoms with van der Waals surface area (Å²) in [4.78, 5) is 4.20. The number of hydrogen-bond donors (Lipinski definition) is 1. The first kappa shape index (κ1) is 9.45. The summed E-state index contributed by atoms with van der Waals surface area (Å²) in [6.45, 7) is 0.785. The molecule has 0 amide bonds. The van der Waals surface area contributed by atoms with Crippen LogP contribution in [0, 0.1) is 0 Å². The number of nitrogens with one attached hydrogen (secondary N) is 1. The Kier molecular flexibility index (Phi) is 2.16. The molecule has 0 bridgehead atoms. The number of aryl methyl sites for hydroxylation is 1.